The molecule has 0 heterocycles. The van der Waals surface area contributed by atoms with E-state index in [9.17, 15) is 24.3 Å². The minimum atomic E-state index is -0.969. The average Bonchev–Trinajstić information content (AvgIpc) is 3.66. The van der Waals surface area contributed by atoms with Gasteiger partial charge in [-0.25, -0.2) is 9.59 Å². The summed E-state index contributed by atoms with van der Waals surface area (Å²) in [5.74, 6) is -2.07. The number of aliphatic hydroxyl groups excluding tert-OH is 1. The summed E-state index contributed by atoms with van der Waals surface area (Å²) < 4.78 is 11.4. The zero-order valence-electron chi connectivity index (χ0n) is 27.2. The third-order valence-corrected chi connectivity index (χ3v) is 8.95. The number of nitrogens with one attached hydrogen (secondary N) is 3. The first-order chi connectivity index (χ1) is 22.7. The maximum absolute atomic E-state index is 13.4. The largest absolute Gasteiger partial charge is 0.462 e. The fraction of sp³-hybridized carbons (Fsp3) is 0.459. The molecule has 1 fully saturated rings. The van der Waals surface area contributed by atoms with Crippen molar-refractivity contribution >= 4 is 23.9 Å². The predicted octanol–water partition coefficient (Wildman–Crippen LogP) is 4.91. The van der Waals surface area contributed by atoms with Crippen molar-refractivity contribution in [3.05, 3.63) is 85.0 Å². The minimum absolute atomic E-state index is 0.0637. The van der Waals surface area contributed by atoms with E-state index in [0.717, 1.165) is 35.1 Å². The molecule has 3 atom stereocenters. The van der Waals surface area contributed by atoms with Gasteiger partial charge in [-0.15, -0.1) is 13.2 Å². The second-order valence-corrected chi connectivity index (χ2v) is 12.5. The van der Waals surface area contributed by atoms with Crippen LogP contribution >= 0.6 is 0 Å². The zero-order chi connectivity index (χ0) is 33.8. The number of aliphatic hydroxyl groups is 1. The van der Waals surface area contributed by atoms with E-state index in [-0.39, 0.29) is 56.8 Å². The predicted molar refractivity (Wildman–Crippen MR) is 179 cm³/mol. The Morgan fingerprint density at radius 2 is 1.60 bits per heavy atom. The summed E-state index contributed by atoms with van der Waals surface area (Å²) in [6.07, 6.45) is 6.40. The van der Waals surface area contributed by atoms with E-state index in [1.165, 1.54) is 0 Å². The van der Waals surface area contributed by atoms with Crippen molar-refractivity contribution in [2.24, 2.45) is 5.92 Å². The Morgan fingerprint density at radius 3 is 2.19 bits per heavy atom. The van der Waals surface area contributed by atoms with Crippen LogP contribution in [0.1, 0.15) is 75.3 Å². The molecule has 0 saturated heterocycles. The van der Waals surface area contributed by atoms with Gasteiger partial charge in [0.25, 0.3) is 0 Å². The molecule has 0 bridgehead atoms. The van der Waals surface area contributed by atoms with E-state index < -0.39 is 35.6 Å². The van der Waals surface area contributed by atoms with Gasteiger partial charge in [-0.05, 0) is 61.3 Å². The fourth-order valence-corrected chi connectivity index (χ4v) is 6.43. The molecule has 2 aliphatic rings. The van der Waals surface area contributed by atoms with Crippen molar-refractivity contribution in [1.82, 2.24) is 16.0 Å². The lowest BCUT2D eigenvalue weighted by Crippen LogP contribution is -2.53. The van der Waals surface area contributed by atoms with Crippen molar-refractivity contribution in [3.8, 4) is 11.1 Å². The van der Waals surface area contributed by atoms with Crippen LogP contribution in [-0.4, -0.2) is 66.4 Å². The van der Waals surface area contributed by atoms with Gasteiger partial charge >= 0.3 is 12.1 Å². The summed E-state index contributed by atoms with van der Waals surface area (Å²) in [6, 6.07) is 14.7. The number of hydrogen-bond donors (Lipinski definition) is 4. The lowest BCUT2D eigenvalue weighted by atomic mass is 9.94. The van der Waals surface area contributed by atoms with Gasteiger partial charge in [-0.2, -0.15) is 0 Å². The molecule has 2 aliphatic carbocycles. The summed E-state index contributed by atoms with van der Waals surface area (Å²) in [5.41, 5.74) is 3.63. The van der Waals surface area contributed by atoms with Gasteiger partial charge in [-0.3, -0.25) is 9.59 Å². The molecule has 0 radical (unpaired) electrons. The third-order valence-electron chi connectivity index (χ3n) is 8.95. The smallest absolute Gasteiger partial charge is 0.407 e. The van der Waals surface area contributed by atoms with E-state index in [1.807, 2.05) is 36.4 Å². The van der Waals surface area contributed by atoms with Crippen LogP contribution in [0.3, 0.4) is 0 Å². The molecule has 0 aliphatic heterocycles. The molecule has 0 unspecified atom stereocenters. The van der Waals surface area contributed by atoms with Crippen LogP contribution in [0, 0.1) is 5.92 Å². The topological polar surface area (TPSA) is 143 Å². The molecule has 1 saturated carbocycles. The molecule has 2 aromatic carbocycles. The number of carbonyl (C=O) groups is 4. The number of fused-ring (bicyclic) bond motifs is 3. The quantitative estimate of drug-likeness (QED) is 0.141. The first kappa shape index (κ1) is 35.4. The molecule has 2 aromatic rings. The maximum Gasteiger partial charge on any atom is 0.407 e. The molecule has 0 spiro atoms. The molecule has 47 heavy (non-hydrogen) atoms. The van der Waals surface area contributed by atoms with Crippen LogP contribution in [0.15, 0.2) is 73.8 Å². The van der Waals surface area contributed by atoms with Gasteiger partial charge in [0.15, 0.2) is 0 Å². The van der Waals surface area contributed by atoms with Gasteiger partial charge in [0.05, 0.1) is 18.1 Å². The number of ether oxygens (including phenoxy) is 2. The third kappa shape index (κ3) is 9.32. The zero-order valence-corrected chi connectivity index (χ0v) is 27.2. The Morgan fingerprint density at radius 1 is 0.957 bits per heavy atom. The summed E-state index contributed by atoms with van der Waals surface area (Å²) in [4.78, 5) is 52.2. The highest BCUT2D eigenvalue weighted by Crippen LogP contribution is 2.44. The van der Waals surface area contributed by atoms with Gasteiger partial charge < -0.3 is 30.5 Å². The van der Waals surface area contributed by atoms with Crippen LogP contribution < -0.4 is 16.0 Å². The van der Waals surface area contributed by atoms with Crippen molar-refractivity contribution in [3.63, 3.8) is 0 Å². The molecular weight excluding hydrogens is 598 g/mol. The Kier molecular flexibility index (Phi) is 12.8. The molecule has 4 rings (SSSR count). The molecule has 0 aromatic heterocycles. The molecule has 10 heteroatoms. The average molecular weight is 646 g/mol. The molecule has 3 amide bonds. The Bertz CT molecular complexity index is 1390. The fourth-order valence-electron chi connectivity index (χ4n) is 6.43. The molecule has 252 valence electrons. The molecule has 4 N–H and O–H groups in total. The SMILES string of the molecule is C=CCC[C@H](NC(=O)OCC1c2ccccc2-c2ccccc21)C(=O)OCC1(NC(=O)[C@@H](CC=C)CC(=O)N[C@@H](C)CO)CCCC1. The number of benzene rings is 2. The highest BCUT2D eigenvalue weighted by atomic mass is 16.6. The normalized spacial score (nSPS) is 16.5. The van der Waals surface area contributed by atoms with Crippen LogP contribution in [0.2, 0.25) is 0 Å². The van der Waals surface area contributed by atoms with Crippen molar-refractivity contribution in [1.29, 1.82) is 0 Å². The first-order valence-electron chi connectivity index (χ1n) is 16.4. The van der Waals surface area contributed by atoms with Crippen molar-refractivity contribution in [2.75, 3.05) is 19.8 Å². The van der Waals surface area contributed by atoms with Crippen LogP contribution in [0.5, 0.6) is 0 Å². The standard InChI is InChI=1S/C37H47N3O7/c1-4-6-18-32(39-36(45)46-23-31-29-16-9-7-14-27(29)28-15-8-10-17-30(28)31)35(44)47-24-37(19-11-12-20-37)40-34(43)26(13-5-2)21-33(42)38-25(3)22-41/h4-5,7-10,14-17,25-26,31-32,41H,1-2,6,11-13,18-24H2,3H3,(H,38,42)(H,39,45)(H,40,43)/t25-,26-,32-/m0/s1. The van der Waals surface area contributed by atoms with Crippen LogP contribution in [-0.2, 0) is 23.9 Å². The highest BCUT2D eigenvalue weighted by Gasteiger charge is 2.39. The second-order valence-electron chi connectivity index (χ2n) is 12.5. The monoisotopic (exact) mass is 645 g/mol. The van der Waals surface area contributed by atoms with Gasteiger partial charge in [0.2, 0.25) is 11.8 Å². The number of carbonyl (C=O) groups excluding carboxylic acids is 4. The minimum Gasteiger partial charge on any atom is -0.462 e. The van der Waals surface area contributed by atoms with Crippen LogP contribution in [0.4, 0.5) is 4.79 Å². The second kappa shape index (κ2) is 16.9. The summed E-state index contributed by atoms with van der Waals surface area (Å²) in [5, 5.41) is 17.7. The van der Waals surface area contributed by atoms with Crippen LogP contribution in [0.25, 0.3) is 11.1 Å². The van der Waals surface area contributed by atoms with E-state index in [0.29, 0.717) is 19.3 Å². The number of allylic oxidation sites excluding steroid dienone is 2. The molecular formula is C37H47N3O7. The summed E-state index contributed by atoms with van der Waals surface area (Å²) >= 11 is 0. The van der Waals surface area contributed by atoms with Gasteiger partial charge in [-0.1, -0.05) is 73.5 Å². The summed E-state index contributed by atoms with van der Waals surface area (Å²) in [6.45, 7) is 8.98. The Balaban J connectivity index is 1.36. The highest BCUT2D eigenvalue weighted by molar-refractivity contribution is 5.87. The summed E-state index contributed by atoms with van der Waals surface area (Å²) in [7, 11) is 0. The molecule has 10 nitrogen and oxygen atoms in total. The number of amides is 3. The number of alkyl carbamates (subject to hydrolysis) is 1. The first-order valence-corrected chi connectivity index (χ1v) is 16.4. The van der Waals surface area contributed by atoms with Crippen molar-refractivity contribution < 1.29 is 33.8 Å². The lowest BCUT2D eigenvalue weighted by Gasteiger charge is -2.32. The number of rotatable bonds is 17. The Hall–Kier alpha value is -4.44. The maximum atomic E-state index is 13.4. The van der Waals surface area contributed by atoms with E-state index in [4.69, 9.17) is 9.47 Å². The van der Waals surface area contributed by atoms with E-state index in [2.05, 4.69) is 41.2 Å². The lowest BCUT2D eigenvalue weighted by molar-refractivity contribution is -0.149. The van der Waals surface area contributed by atoms with Crippen molar-refractivity contribution in [2.45, 2.75) is 81.8 Å². The number of hydrogen-bond acceptors (Lipinski definition) is 7. The van der Waals surface area contributed by atoms with Gasteiger partial charge in [0.1, 0.15) is 19.3 Å². The van der Waals surface area contributed by atoms with Gasteiger partial charge in [0, 0.05) is 18.4 Å². The number of esters is 1. The Labute approximate surface area is 277 Å². The van der Waals surface area contributed by atoms with E-state index in [1.54, 1.807) is 19.1 Å². The van der Waals surface area contributed by atoms with E-state index >= 15 is 0 Å².